The third-order valence-corrected chi connectivity index (χ3v) is 2.71. The van der Waals surface area contributed by atoms with Crippen LogP contribution in [0, 0.1) is 22.7 Å². The molecule has 0 amide bonds. The van der Waals surface area contributed by atoms with E-state index in [-0.39, 0.29) is 40.9 Å². The molecule has 0 saturated heterocycles. The highest BCUT2D eigenvalue weighted by molar-refractivity contribution is 8.00. The molecule has 0 radical (unpaired) electrons. The largest absolute Gasteiger partial charge is 0.441 e. The van der Waals surface area contributed by atoms with E-state index >= 15 is 0 Å². The first kappa shape index (κ1) is 14.2. The Morgan fingerprint density at radius 3 is 2.17 bits per heavy atom. The SMILES string of the molecule is N#Cc1cccc(C#N)c1NCCSC(F)(F)F. The van der Waals surface area contributed by atoms with Gasteiger partial charge >= 0.3 is 5.51 Å². The molecule has 1 N–H and O–H groups in total. The quantitative estimate of drug-likeness (QED) is 0.855. The zero-order valence-corrected chi connectivity index (χ0v) is 9.90. The van der Waals surface area contributed by atoms with Crippen molar-refractivity contribution in [1.82, 2.24) is 0 Å². The predicted octanol–water partition coefficient (Wildman–Crippen LogP) is 3.09. The van der Waals surface area contributed by atoms with Crippen molar-refractivity contribution in [2.24, 2.45) is 0 Å². The Morgan fingerprint density at radius 2 is 1.72 bits per heavy atom. The molecular formula is C11H8F3N3S. The fourth-order valence-corrected chi connectivity index (χ4v) is 1.71. The molecule has 0 unspecified atom stereocenters. The van der Waals surface area contributed by atoms with Crippen molar-refractivity contribution in [3.8, 4) is 12.1 Å². The number of hydrogen-bond donors (Lipinski definition) is 1. The van der Waals surface area contributed by atoms with E-state index in [1.165, 1.54) is 12.1 Å². The minimum atomic E-state index is -4.27. The number of para-hydroxylation sites is 1. The van der Waals surface area contributed by atoms with E-state index in [0.29, 0.717) is 0 Å². The first-order chi connectivity index (χ1) is 8.48. The lowest BCUT2D eigenvalue weighted by atomic mass is 10.1. The van der Waals surface area contributed by atoms with Crippen LogP contribution in [0.25, 0.3) is 0 Å². The minimum absolute atomic E-state index is 0.0253. The van der Waals surface area contributed by atoms with Gasteiger partial charge in [0.25, 0.3) is 0 Å². The molecule has 7 heteroatoms. The van der Waals surface area contributed by atoms with Gasteiger partial charge in [-0.3, -0.25) is 0 Å². The van der Waals surface area contributed by atoms with Crippen molar-refractivity contribution in [2.45, 2.75) is 5.51 Å². The molecule has 0 fully saturated rings. The molecule has 0 aliphatic carbocycles. The smallest absolute Gasteiger partial charge is 0.382 e. The Labute approximate surface area is 106 Å². The number of nitriles is 2. The number of benzene rings is 1. The van der Waals surface area contributed by atoms with Gasteiger partial charge in [0.05, 0.1) is 16.8 Å². The standard InChI is InChI=1S/C11H8F3N3S/c12-11(13,14)18-5-4-17-10-8(6-15)2-1-3-9(10)7-16/h1-3,17H,4-5H2. The molecule has 0 bridgehead atoms. The maximum Gasteiger partial charge on any atom is 0.441 e. The highest BCUT2D eigenvalue weighted by Crippen LogP contribution is 2.30. The molecule has 18 heavy (non-hydrogen) atoms. The van der Waals surface area contributed by atoms with Crippen LogP contribution in [0.1, 0.15) is 11.1 Å². The van der Waals surface area contributed by atoms with E-state index in [9.17, 15) is 13.2 Å². The van der Waals surface area contributed by atoms with Crippen LogP contribution in [0.4, 0.5) is 18.9 Å². The summed E-state index contributed by atoms with van der Waals surface area (Å²) in [6.45, 7) is 0.0253. The number of alkyl halides is 3. The zero-order valence-electron chi connectivity index (χ0n) is 9.08. The first-order valence-corrected chi connectivity index (χ1v) is 5.84. The van der Waals surface area contributed by atoms with Gasteiger partial charge in [-0.1, -0.05) is 6.07 Å². The van der Waals surface area contributed by atoms with Crippen molar-refractivity contribution in [3.05, 3.63) is 29.3 Å². The monoisotopic (exact) mass is 271 g/mol. The predicted molar refractivity (Wildman–Crippen MR) is 62.9 cm³/mol. The molecule has 3 nitrogen and oxygen atoms in total. The molecule has 0 aromatic heterocycles. The highest BCUT2D eigenvalue weighted by atomic mass is 32.2. The third-order valence-electron chi connectivity index (χ3n) is 1.97. The van der Waals surface area contributed by atoms with Gasteiger partial charge in [0.2, 0.25) is 0 Å². The van der Waals surface area contributed by atoms with Crippen LogP contribution in [0.3, 0.4) is 0 Å². The van der Waals surface area contributed by atoms with Crippen LogP contribution in [0.5, 0.6) is 0 Å². The van der Waals surface area contributed by atoms with Crippen LogP contribution in [-0.2, 0) is 0 Å². The average molecular weight is 271 g/mol. The fraction of sp³-hybridized carbons (Fsp3) is 0.273. The lowest BCUT2D eigenvalue weighted by molar-refractivity contribution is -0.0327. The van der Waals surface area contributed by atoms with Gasteiger partial charge in [0.1, 0.15) is 12.1 Å². The van der Waals surface area contributed by atoms with E-state index in [0.717, 1.165) is 0 Å². The normalized spacial score (nSPS) is 10.5. The summed E-state index contributed by atoms with van der Waals surface area (Å²) in [4.78, 5) is 0. The first-order valence-electron chi connectivity index (χ1n) is 4.85. The van der Waals surface area contributed by atoms with Crippen molar-refractivity contribution in [2.75, 3.05) is 17.6 Å². The van der Waals surface area contributed by atoms with Gasteiger partial charge in [-0.05, 0) is 23.9 Å². The third kappa shape index (κ3) is 4.19. The maximum absolute atomic E-state index is 11.9. The lowest BCUT2D eigenvalue weighted by Crippen LogP contribution is -2.11. The van der Waals surface area contributed by atoms with Crippen molar-refractivity contribution in [1.29, 1.82) is 10.5 Å². The lowest BCUT2D eigenvalue weighted by Gasteiger charge is -2.10. The summed E-state index contributed by atoms with van der Waals surface area (Å²) in [7, 11) is 0. The summed E-state index contributed by atoms with van der Waals surface area (Å²) >= 11 is -0.149. The van der Waals surface area contributed by atoms with Gasteiger partial charge in [-0.25, -0.2) is 0 Å². The van der Waals surface area contributed by atoms with Gasteiger partial charge in [-0.15, -0.1) is 0 Å². The molecule has 0 spiro atoms. The highest BCUT2D eigenvalue weighted by Gasteiger charge is 2.27. The molecule has 0 aliphatic heterocycles. The van der Waals surface area contributed by atoms with Gasteiger partial charge < -0.3 is 5.32 Å². The average Bonchev–Trinajstić information content (AvgIpc) is 2.33. The van der Waals surface area contributed by atoms with E-state index < -0.39 is 5.51 Å². The number of halogens is 3. The van der Waals surface area contributed by atoms with Crippen molar-refractivity contribution < 1.29 is 13.2 Å². The topological polar surface area (TPSA) is 59.6 Å². The van der Waals surface area contributed by atoms with E-state index in [4.69, 9.17) is 10.5 Å². The van der Waals surface area contributed by atoms with E-state index in [2.05, 4.69) is 5.32 Å². The fourth-order valence-electron chi connectivity index (χ4n) is 1.27. The number of rotatable bonds is 4. The molecule has 0 saturated carbocycles. The molecule has 0 aliphatic rings. The van der Waals surface area contributed by atoms with E-state index in [1.807, 2.05) is 12.1 Å². The molecule has 0 heterocycles. The number of nitrogens with zero attached hydrogens (tertiary/aromatic N) is 2. The Kier molecular flexibility index (Phi) is 4.87. The Hall–Kier alpha value is -1.86. The van der Waals surface area contributed by atoms with Crippen LogP contribution >= 0.6 is 11.8 Å². The molecule has 1 aromatic rings. The molecular weight excluding hydrogens is 263 g/mol. The second-order valence-corrected chi connectivity index (χ2v) is 4.33. The number of anilines is 1. The Morgan fingerprint density at radius 1 is 1.17 bits per heavy atom. The van der Waals surface area contributed by atoms with Crippen LogP contribution in [0.2, 0.25) is 0 Å². The minimum Gasteiger partial charge on any atom is -0.382 e. The van der Waals surface area contributed by atoms with Crippen molar-refractivity contribution >= 4 is 17.4 Å². The zero-order chi connectivity index (χ0) is 13.6. The van der Waals surface area contributed by atoms with Gasteiger partial charge in [0.15, 0.2) is 0 Å². The summed E-state index contributed by atoms with van der Waals surface area (Å²) in [6.07, 6.45) is 0. The maximum atomic E-state index is 11.9. The van der Waals surface area contributed by atoms with Gasteiger partial charge in [0, 0.05) is 12.3 Å². The number of thioether (sulfide) groups is 1. The molecule has 1 aromatic carbocycles. The van der Waals surface area contributed by atoms with Crippen LogP contribution in [0.15, 0.2) is 18.2 Å². The summed E-state index contributed by atoms with van der Waals surface area (Å²) < 4.78 is 35.7. The molecule has 0 atom stereocenters. The Bertz CT molecular complexity index is 467. The van der Waals surface area contributed by atoms with Crippen LogP contribution < -0.4 is 5.32 Å². The second-order valence-electron chi connectivity index (χ2n) is 3.17. The molecule has 1 rings (SSSR count). The summed E-state index contributed by atoms with van der Waals surface area (Å²) in [6, 6.07) is 8.32. The second kappa shape index (κ2) is 6.18. The van der Waals surface area contributed by atoms with Gasteiger partial charge in [-0.2, -0.15) is 23.7 Å². The Balaban J connectivity index is 2.68. The molecule has 94 valence electrons. The van der Waals surface area contributed by atoms with Crippen LogP contribution in [-0.4, -0.2) is 17.8 Å². The van der Waals surface area contributed by atoms with E-state index in [1.54, 1.807) is 6.07 Å². The summed E-state index contributed by atoms with van der Waals surface area (Å²) in [5.74, 6) is -0.186. The summed E-state index contributed by atoms with van der Waals surface area (Å²) in [5.41, 5.74) is -3.50. The van der Waals surface area contributed by atoms with Crippen molar-refractivity contribution in [3.63, 3.8) is 0 Å². The summed E-state index contributed by atoms with van der Waals surface area (Å²) in [5, 5.41) is 20.4. The number of nitrogens with one attached hydrogen (secondary N) is 1. The number of hydrogen-bond acceptors (Lipinski definition) is 4.